The lowest BCUT2D eigenvalue weighted by Crippen LogP contribution is -2.30. The summed E-state index contributed by atoms with van der Waals surface area (Å²) in [6, 6.07) is 3.95. The van der Waals surface area contributed by atoms with Crippen molar-refractivity contribution in [3.8, 4) is 0 Å². The molecule has 1 aromatic rings. The highest BCUT2D eigenvalue weighted by Gasteiger charge is 2.07. The first kappa shape index (κ1) is 15.8. The first-order chi connectivity index (χ1) is 9.04. The van der Waals surface area contributed by atoms with Crippen molar-refractivity contribution < 1.29 is 4.79 Å². The third kappa shape index (κ3) is 5.52. The second-order valence-corrected chi connectivity index (χ2v) is 5.26. The van der Waals surface area contributed by atoms with E-state index in [4.69, 9.17) is 11.6 Å². The van der Waals surface area contributed by atoms with Crippen LogP contribution in [0.15, 0.2) is 12.1 Å². The lowest BCUT2D eigenvalue weighted by molar-refractivity contribution is -0.119. The number of rotatable bonds is 7. The Bertz CT molecular complexity index is 409. The van der Waals surface area contributed by atoms with Gasteiger partial charge in [-0.25, -0.2) is 0 Å². The summed E-state index contributed by atoms with van der Waals surface area (Å²) in [5, 5.41) is 6.66. The first-order valence-electron chi connectivity index (χ1n) is 6.82. The number of amides is 1. The predicted octanol–water partition coefficient (Wildman–Crippen LogP) is 3.68. The maximum Gasteiger partial charge on any atom is 0.239 e. The molecule has 0 aliphatic heterocycles. The number of benzene rings is 1. The number of nitrogens with one attached hydrogen (secondary N) is 2. The van der Waals surface area contributed by atoms with Crippen LogP contribution in [-0.4, -0.2) is 19.0 Å². The van der Waals surface area contributed by atoms with E-state index in [-0.39, 0.29) is 12.5 Å². The summed E-state index contributed by atoms with van der Waals surface area (Å²) in [4.78, 5) is 11.7. The van der Waals surface area contributed by atoms with Crippen LogP contribution in [0.25, 0.3) is 0 Å². The minimum atomic E-state index is 0.00662. The summed E-state index contributed by atoms with van der Waals surface area (Å²) in [6.07, 6.45) is 3.34. The van der Waals surface area contributed by atoms with Crippen LogP contribution in [0, 0.1) is 13.8 Å². The fourth-order valence-corrected chi connectivity index (χ4v) is 2.36. The summed E-state index contributed by atoms with van der Waals surface area (Å²) in [6.45, 7) is 7.14. The van der Waals surface area contributed by atoms with E-state index in [2.05, 4.69) is 17.6 Å². The van der Waals surface area contributed by atoms with Gasteiger partial charge in [0.05, 0.1) is 17.3 Å². The zero-order chi connectivity index (χ0) is 14.3. The van der Waals surface area contributed by atoms with Crippen LogP contribution in [0.2, 0.25) is 5.02 Å². The van der Waals surface area contributed by atoms with Gasteiger partial charge in [-0.15, -0.1) is 0 Å². The highest BCUT2D eigenvalue weighted by molar-refractivity contribution is 6.33. The van der Waals surface area contributed by atoms with E-state index in [1.165, 1.54) is 0 Å². The van der Waals surface area contributed by atoms with Gasteiger partial charge in [0.2, 0.25) is 5.91 Å². The van der Waals surface area contributed by atoms with Gasteiger partial charge in [-0.3, -0.25) is 4.79 Å². The molecule has 0 aliphatic carbocycles. The molecule has 106 valence electrons. The Morgan fingerprint density at radius 2 is 2.00 bits per heavy atom. The molecule has 2 N–H and O–H groups in total. The van der Waals surface area contributed by atoms with Crippen molar-refractivity contribution in [3.63, 3.8) is 0 Å². The molecule has 0 aliphatic rings. The number of anilines is 1. The van der Waals surface area contributed by atoms with Crippen LogP contribution in [0.5, 0.6) is 0 Å². The van der Waals surface area contributed by atoms with E-state index in [0.717, 1.165) is 42.6 Å². The van der Waals surface area contributed by atoms with Crippen LogP contribution in [-0.2, 0) is 4.79 Å². The van der Waals surface area contributed by atoms with E-state index in [0.29, 0.717) is 5.02 Å². The smallest absolute Gasteiger partial charge is 0.239 e. The van der Waals surface area contributed by atoms with E-state index in [9.17, 15) is 4.79 Å². The molecule has 0 radical (unpaired) electrons. The molecule has 0 bridgehead atoms. The molecule has 0 spiro atoms. The van der Waals surface area contributed by atoms with Crippen molar-refractivity contribution in [3.05, 3.63) is 28.3 Å². The van der Waals surface area contributed by atoms with E-state index < -0.39 is 0 Å². The zero-order valence-electron chi connectivity index (χ0n) is 12.0. The van der Waals surface area contributed by atoms with E-state index in [1.807, 2.05) is 26.0 Å². The fraction of sp³-hybridized carbons (Fsp3) is 0.533. The Morgan fingerprint density at radius 3 is 2.63 bits per heavy atom. The molecule has 1 rings (SSSR count). The largest absolute Gasteiger partial charge is 0.375 e. The van der Waals surface area contributed by atoms with Gasteiger partial charge in [-0.05, 0) is 37.5 Å². The van der Waals surface area contributed by atoms with Crippen molar-refractivity contribution in [2.24, 2.45) is 0 Å². The van der Waals surface area contributed by atoms with Gasteiger partial charge >= 0.3 is 0 Å². The quantitative estimate of drug-likeness (QED) is 0.749. The Balaban J connectivity index is 2.42. The first-order valence-corrected chi connectivity index (χ1v) is 7.19. The van der Waals surface area contributed by atoms with Gasteiger partial charge < -0.3 is 10.6 Å². The Labute approximate surface area is 120 Å². The van der Waals surface area contributed by atoms with Crippen LogP contribution in [0.4, 0.5) is 5.69 Å². The number of carbonyl (C=O) groups is 1. The van der Waals surface area contributed by atoms with Crippen LogP contribution >= 0.6 is 11.6 Å². The second kappa shape index (κ2) is 8.05. The molecule has 0 saturated carbocycles. The van der Waals surface area contributed by atoms with Gasteiger partial charge in [-0.1, -0.05) is 37.4 Å². The highest BCUT2D eigenvalue weighted by atomic mass is 35.5. The molecule has 19 heavy (non-hydrogen) atoms. The van der Waals surface area contributed by atoms with Gasteiger partial charge in [0.1, 0.15) is 0 Å². The SMILES string of the molecule is CCCCCNC(=O)CNc1c(C)cc(C)cc1Cl. The molecule has 3 nitrogen and oxygen atoms in total. The van der Waals surface area contributed by atoms with Gasteiger partial charge in [-0.2, -0.15) is 0 Å². The van der Waals surface area contributed by atoms with Crippen molar-refractivity contribution in [1.82, 2.24) is 5.32 Å². The predicted molar refractivity (Wildman–Crippen MR) is 82.0 cm³/mol. The molecule has 0 saturated heterocycles. The van der Waals surface area contributed by atoms with Gasteiger partial charge in [0, 0.05) is 6.54 Å². The number of carbonyl (C=O) groups excluding carboxylic acids is 1. The molecule has 0 aromatic heterocycles. The molecule has 0 fully saturated rings. The fourth-order valence-electron chi connectivity index (χ4n) is 1.97. The summed E-state index contributed by atoms with van der Waals surface area (Å²) in [5.41, 5.74) is 3.02. The Hall–Kier alpha value is -1.22. The maximum atomic E-state index is 11.7. The number of aryl methyl sites for hydroxylation is 2. The minimum Gasteiger partial charge on any atom is -0.375 e. The van der Waals surface area contributed by atoms with Gasteiger partial charge in [0.25, 0.3) is 0 Å². The standard InChI is InChI=1S/C15H23ClN2O/c1-4-5-6-7-17-14(19)10-18-15-12(3)8-11(2)9-13(15)16/h8-9,18H,4-7,10H2,1-3H3,(H,17,19). The topological polar surface area (TPSA) is 41.1 Å². The van der Waals surface area contributed by atoms with Crippen molar-refractivity contribution in [2.75, 3.05) is 18.4 Å². The number of halogens is 1. The molecule has 0 atom stereocenters. The maximum absolute atomic E-state index is 11.7. The number of unbranched alkanes of at least 4 members (excludes halogenated alkanes) is 2. The van der Waals surface area contributed by atoms with Crippen LogP contribution in [0.3, 0.4) is 0 Å². The van der Waals surface area contributed by atoms with Crippen molar-refractivity contribution in [2.45, 2.75) is 40.0 Å². The highest BCUT2D eigenvalue weighted by Crippen LogP contribution is 2.26. The van der Waals surface area contributed by atoms with Crippen LogP contribution < -0.4 is 10.6 Å². The second-order valence-electron chi connectivity index (χ2n) is 4.85. The summed E-state index contributed by atoms with van der Waals surface area (Å²) in [7, 11) is 0. The molecule has 0 heterocycles. The Kier molecular flexibility index (Phi) is 6.71. The molecule has 1 amide bonds. The molecular formula is C15H23ClN2O. The summed E-state index contributed by atoms with van der Waals surface area (Å²) < 4.78 is 0. The van der Waals surface area contributed by atoms with Crippen molar-refractivity contribution in [1.29, 1.82) is 0 Å². The average Bonchev–Trinajstić information content (AvgIpc) is 2.33. The normalized spacial score (nSPS) is 10.3. The van der Waals surface area contributed by atoms with Crippen LogP contribution in [0.1, 0.15) is 37.3 Å². The average molecular weight is 283 g/mol. The summed E-state index contributed by atoms with van der Waals surface area (Å²) in [5.74, 6) is 0.00662. The number of hydrogen-bond donors (Lipinski definition) is 2. The van der Waals surface area contributed by atoms with E-state index >= 15 is 0 Å². The third-order valence-corrected chi connectivity index (χ3v) is 3.26. The van der Waals surface area contributed by atoms with Crippen molar-refractivity contribution >= 4 is 23.2 Å². The zero-order valence-corrected chi connectivity index (χ0v) is 12.7. The third-order valence-electron chi connectivity index (χ3n) is 2.96. The van der Waals surface area contributed by atoms with Gasteiger partial charge in [0.15, 0.2) is 0 Å². The number of hydrogen-bond acceptors (Lipinski definition) is 2. The molecular weight excluding hydrogens is 260 g/mol. The monoisotopic (exact) mass is 282 g/mol. The molecule has 4 heteroatoms. The van der Waals surface area contributed by atoms with E-state index in [1.54, 1.807) is 0 Å². The lowest BCUT2D eigenvalue weighted by atomic mass is 10.1. The molecule has 0 unspecified atom stereocenters. The lowest BCUT2D eigenvalue weighted by Gasteiger charge is -2.12. The summed E-state index contributed by atoms with van der Waals surface area (Å²) >= 11 is 6.17. The Morgan fingerprint density at radius 1 is 1.26 bits per heavy atom. The molecule has 1 aromatic carbocycles. The minimum absolute atomic E-state index is 0.00662.